The van der Waals surface area contributed by atoms with E-state index in [0.717, 1.165) is 12.1 Å². The van der Waals surface area contributed by atoms with Crippen molar-refractivity contribution in [3.05, 3.63) is 32.5 Å². The number of aliphatic carboxylic acids is 1. The van der Waals surface area contributed by atoms with Crippen molar-refractivity contribution in [2.45, 2.75) is 12.8 Å². The lowest BCUT2D eigenvalue weighted by atomic mass is 10.2. The maximum absolute atomic E-state index is 13.3. The summed E-state index contributed by atoms with van der Waals surface area (Å²) in [6, 6.07) is 2.07. The Morgan fingerprint density at radius 3 is 2.78 bits per heavy atom. The van der Waals surface area contributed by atoms with Crippen molar-refractivity contribution in [3.63, 3.8) is 0 Å². The Labute approximate surface area is 110 Å². The van der Waals surface area contributed by atoms with Gasteiger partial charge in [-0.2, -0.15) is 0 Å². The molecule has 6 nitrogen and oxygen atoms in total. The molecule has 0 saturated heterocycles. The highest BCUT2D eigenvalue weighted by molar-refractivity contribution is 9.10. The minimum absolute atomic E-state index is 0.00489. The number of benzene rings is 1. The minimum Gasteiger partial charge on any atom is -0.481 e. The standard InChI is InChI=1S/C10H10BrFN2O4/c11-6-4-9(14(17)18)8(5-7(6)12)13-3-1-2-10(15)16/h4-5,13H,1-3H2,(H,15,16). The zero-order valence-corrected chi connectivity index (χ0v) is 10.7. The topological polar surface area (TPSA) is 92.5 Å². The van der Waals surface area contributed by atoms with Gasteiger partial charge in [0.25, 0.3) is 5.69 Å². The SMILES string of the molecule is O=C(O)CCCNc1cc(F)c(Br)cc1[N+](=O)[O-]. The van der Waals surface area contributed by atoms with Gasteiger partial charge in [-0.05, 0) is 22.4 Å². The number of nitro groups is 1. The third kappa shape index (κ3) is 3.95. The van der Waals surface area contributed by atoms with Gasteiger partial charge in [0.2, 0.25) is 0 Å². The molecule has 0 radical (unpaired) electrons. The molecule has 18 heavy (non-hydrogen) atoms. The zero-order chi connectivity index (χ0) is 13.7. The Balaban J connectivity index is 2.77. The number of carboxylic acids is 1. The van der Waals surface area contributed by atoms with Crippen molar-refractivity contribution in [2.24, 2.45) is 0 Å². The summed E-state index contributed by atoms with van der Waals surface area (Å²) in [6.07, 6.45) is 0.240. The predicted molar refractivity (Wildman–Crippen MR) is 66.1 cm³/mol. The Bertz CT molecular complexity index is 481. The van der Waals surface area contributed by atoms with Crippen molar-refractivity contribution in [1.29, 1.82) is 0 Å². The number of hydrogen-bond donors (Lipinski definition) is 2. The Morgan fingerprint density at radius 2 is 2.22 bits per heavy atom. The lowest BCUT2D eigenvalue weighted by Crippen LogP contribution is -2.07. The maximum Gasteiger partial charge on any atom is 0.303 e. The molecule has 1 aromatic rings. The minimum atomic E-state index is -0.951. The van der Waals surface area contributed by atoms with E-state index in [1.54, 1.807) is 0 Å². The molecule has 1 rings (SSSR count). The summed E-state index contributed by atoms with van der Waals surface area (Å²) in [5, 5.41) is 21.8. The second-order valence-corrected chi connectivity index (χ2v) is 4.32. The van der Waals surface area contributed by atoms with Crippen LogP contribution >= 0.6 is 15.9 Å². The van der Waals surface area contributed by atoms with Gasteiger partial charge >= 0.3 is 5.97 Å². The number of halogens is 2. The van der Waals surface area contributed by atoms with Crippen LogP contribution in [-0.2, 0) is 4.79 Å². The molecule has 2 N–H and O–H groups in total. The van der Waals surface area contributed by atoms with Crippen LogP contribution in [0.25, 0.3) is 0 Å². The van der Waals surface area contributed by atoms with Crippen LogP contribution in [0.3, 0.4) is 0 Å². The molecule has 98 valence electrons. The summed E-state index contributed by atoms with van der Waals surface area (Å²) in [5.74, 6) is -1.57. The van der Waals surface area contributed by atoms with Crippen LogP contribution in [0.2, 0.25) is 0 Å². The summed E-state index contributed by atoms with van der Waals surface area (Å²) in [6.45, 7) is 0.216. The first-order valence-corrected chi connectivity index (χ1v) is 5.80. The van der Waals surface area contributed by atoms with Crippen LogP contribution in [0.1, 0.15) is 12.8 Å². The van der Waals surface area contributed by atoms with E-state index in [-0.39, 0.29) is 28.8 Å². The second kappa shape index (κ2) is 6.29. The molecule has 0 amide bonds. The molecule has 0 fully saturated rings. The van der Waals surface area contributed by atoms with E-state index < -0.39 is 16.7 Å². The van der Waals surface area contributed by atoms with Crippen LogP contribution in [0.4, 0.5) is 15.8 Å². The normalized spacial score (nSPS) is 10.1. The van der Waals surface area contributed by atoms with Crippen LogP contribution in [-0.4, -0.2) is 22.5 Å². The molecule has 0 aliphatic carbocycles. The molecule has 0 aliphatic rings. The number of nitrogens with zero attached hydrogens (tertiary/aromatic N) is 1. The molecule has 0 atom stereocenters. The second-order valence-electron chi connectivity index (χ2n) is 3.46. The Kier molecular flexibility index (Phi) is 5.02. The van der Waals surface area contributed by atoms with Crippen LogP contribution in [0, 0.1) is 15.9 Å². The highest BCUT2D eigenvalue weighted by Crippen LogP contribution is 2.30. The molecule has 0 aromatic heterocycles. The van der Waals surface area contributed by atoms with Gasteiger partial charge in [-0.25, -0.2) is 4.39 Å². The zero-order valence-electron chi connectivity index (χ0n) is 9.15. The average Bonchev–Trinajstić information content (AvgIpc) is 2.28. The molecule has 0 saturated carbocycles. The lowest BCUT2D eigenvalue weighted by molar-refractivity contribution is -0.384. The molecule has 0 heterocycles. The van der Waals surface area contributed by atoms with Crippen molar-refractivity contribution in [1.82, 2.24) is 0 Å². The van der Waals surface area contributed by atoms with E-state index in [2.05, 4.69) is 21.2 Å². The van der Waals surface area contributed by atoms with Crippen molar-refractivity contribution >= 4 is 33.3 Å². The number of nitro benzene ring substituents is 1. The Morgan fingerprint density at radius 1 is 1.56 bits per heavy atom. The summed E-state index contributed by atoms with van der Waals surface area (Å²) in [4.78, 5) is 20.4. The molecule has 8 heteroatoms. The van der Waals surface area contributed by atoms with E-state index in [1.807, 2.05) is 0 Å². The largest absolute Gasteiger partial charge is 0.481 e. The number of anilines is 1. The monoisotopic (exact) mass is 320 g/mol. The highest BCUT2D eigenvalue weighted by atomic mass is 79.9. The number of carbonyl (C=O) groups is 1. The fourth-order valence-electron chi connectivity index (χ4n) is 1.29. The number of carboxylic acid groups (broad SMARTS) is 1. The molecular formula is C10H10BrFN2O4. The first-order valence-electron chi connectivity index (χ1n) is 5.01. The van der Waals surface area contributed by atoms with Gasteiger partial charge in [0.05, 0.1) is 9.40 Å². The van der Waals surface area contributed by atoms with E-state index in [0.29, 0.717) is 6.42 Å². The van der Waals surface area contributed by atoms with Crippen LogP contribution < -0.4 is 5.32 Å². The van der Waals surface area contributed by atoms with Gasteiger partial charge in [0, 0.05) is 25.1 Å². The lowest BCUT2D eigenvalue weighted by Gasteiger charge is -2.07. The third-order valence-corrected chi connectivity index (χ3v) is 2.73. The fraction of sp³-hybridized carbons (Fsp3) is 0.300. The molecule has 0 unspecified atom stereocenters. The summed E-state index contributed by atoms with van der Waals surface area (Å²) < 4.78 is 13.3. The van der Waals surface area contributed by atoms with E-state index in [9.17, 15) is 19.3 Å². The molecule has 0 aliphatic heterocycles. The van der Waals surface area contributed by atoms with E-state index in [4.69, 9.17) is 5.11 Å². The number of hydrogen-bond acceptors (Lipinski definition) is 4. The van der Waals surface area contributed by atoms with Gasteiger partial charge in [-0.1, -0.05) is 0 Å². The van der Waals surface area contributed by atoms with Crippen LogP contribution in [0.5, 0.6) is 0 Å². The van der Waals surface area contributed by atoms with E-state index >= 15 is 0 Å². The smallest absolute Gasteiger partial charge is 0.303 e. The molecule has 1 aromatic carbocycles. The van der Waals surface area contributed by atoms with Crippen LogP contribution in [0.15, 0.2) is 16.6 Å². The summed E-state index contributed by atoms with van der Waals surface area (Å²) in [7, 11) is 0. The number of rotatable bonds is 6. The van der Waals surface area contributed by atoms with Gasteiger partial charge in [0.15, 0.2) is 0 Å². The third-order valence-electron chi connectivity index (χ3n) is 2.12. The number of nitrogens with one attached hydrogen (secondary N) is 1. The van der Waals surface area contributed by atoms with Crippen molar-refractivity contribution in [2.75, 3.05) is 11.9 Å². The van der Waals surface area contributed by atoms with Gasteiger partial charge in [-0.3, -0.25) is 14.9 Å². The van der Waals surface area contributed by atoms with Gasteiger partial charge < -0.3 is 10.4 Å². The van der Waals surface area contributed by atoms with Crippen molar-refractivity contribution < 1.29 is 19.2 Å². The first kappa shape index (κ1) is 14.4. The predicted octanol–water partition coefficient (Wildman–Crippen LogP) is 2.77. The summed E-state index contributed by atoms with van der Waals surface area (Å²) in [5.41, 5.74) is -0.232. The fourth-order valence-corrected chi connectivity index (χ4v) is 1.62. The Hall–Kier alpha value is -1.70. The average molecular weight is 321 g/mol. The first-order chi connectivity index (χ1) is 8.41. The van der Waals surface area contributed by atoms with Crippen molar-refractivity contribution in [3.8, 4) is 0 Å². The van der Waals surface area contributed by atoms with E-state index in [1.165, 1.54) is 0 Å². The molecular weight excluding hydrogens is 311 g/mol. The maximum atomic E-state index is 13.3. The molecule has 0 bridgehead atoms. The van der Waals surface area contributed by atoms with Gasteiger partial charge in [-0.15, -0.1) is 0 Å². The molecule has 0 spiro atoms. The summed E-state index contributed by atoms with van der Waals surface area (Å²) >= 11 is 2.86. The van der Waals surface area contributed by atoms with Gasteiger partial charge in [0.1, 0.15) is 11.5 Å². The highest BCUT2D eigenvalue weighted by Gasteiger charge is 2.17. The quantitative estimate of drug-likeness (QED) is 0.477.